The molecule has 0 unspecified atom stereocenters. The van der Waals surface area contributed by atoms with Gasteiger partial charge in [0.2, 0.25) is 0 Å². The number of rotatable bonds is 2. The third-order valence-corrected chi connectivity index (χ3v) is 1.79. The van der Waals surface area contributed by atoms with Crippen LogP contribution < -0.4 is 0 Å². The molecule has 0 saturated carbocycles. The molecular formula is C10H8N4O. The van der Waals surface area contributed by atoms with Gasteiger partial charge in [0.25, 0.3) is 0 Å². The highest BCUT2D eigenvalue weighted by Gasteiger charge is 2.05. The molecule has 5 nitrogen and oxygen atoms in total. The van der Waals surface area contributed by atoms with E-state index in [4.69, 9.17) is 0 Å². The number of aryl methyl sites for hydroxylation is 1. The molecule has 2 aromatic heterocycles. The van der Waals surface area contributed by atoms with Gasteiger partial charge in [-0.2, -0.15) is 0 Å². The summed E-state index contributed by atoms with van der Waals surface area (Å²) in [5.74, 6) is 0.421. The molecule has 0 bridgehead atoms. The zero-order chi connectivity index (χ0) is 10.7. The van der Waals surface area contributed by atoms with Crippen molar-refractivity contribution in [1.29, 1.82) is 0 Å². The molecule has 0 aliphatic rings. The van der Waals surface area contributed by atoms with E-state index in [-0.39, 0.29) is 0 Å². The molecule has 5 heteroatoms. The van der Waals surface area contributed by atoms with Gasteiger partial charge < -0.3 is 0 Å². The van der Waals surface area contributed by atoms with E-state index < -0.39 is 0 Å². The van der Waals surface area contributed by atoms with E-state index in [0.717, 1.165) is 5.69 Å². The Morgan fingerprint density at radius 1 is 1.27 bits per heavy atom. The summed E-state index contributed by atoms with van der Waals surface area (Å²) in [5.41, 5.74) is 1.64. The Hall–Kier alpha value is -2.17. The summed E-state index contributed by atoms with van der Waals surface area (Å²) < 4.78 is 0. The summed E-state index contributed by atoms with van der Waals surface area (Å²) in [7, 11) is 0. The van der Waals surface area contributed by atoms with Crippen molar-refractivity contribution < 1.29 is 4.79 Å². The van der Waals surface area contributed by atoms with E-state index in [2.05, 4.69) is 19.9 Å². The minimum Gasteiger partial charge on any atom is -0.296 e. The lowest BCUT2D eigenvalue weighted by molar-refractivity contribution is 0.111. The number of aldehydes is 1. The van der Waals surface area contributed by atoms with E-state index in [0.29, 0.717) is 23.5 Å². The second-order valence-corrected chi connectivity index (χ2v) is 2.97. The predicted octanol–water partition coefficient (Wildman–Crippen LogP) is 1.05. The van der Waals surface area contributed by atoms with Gasteiger partial charge >= 0.3 is 0 Å². The van der Waals surface area contributed by atoms with Gasteiger partial charge in [0.1, 0.15) is 11.4 Å². The maximum Gasteiger partial charge on any atom is 0.180 e. The first kappa shape index (κ1) is 9.39. The molecule has 15 heavy (non-hydrogen) atoms. The molecule has 74 valence electrons. The molecule has 0 aliphatic heterocycles. The van der Waals surface area contributed by atoms with E-state index >= 15 is 0 Å². The summed E-state index contributed by atoms with van der Waals surface area (Å²) in [4.78, 5) is 26.8. The van der Waals surface area contributed by atoms with E-state index in [9.17, 15) is 4.79 Å². The Bertz CT molecular complexity index is 484. The van der Waals surface area contributed by atoms with Crippen molar-refractivity contribution in [1.82, 2.24) is 19.9 Å². The van der Waals surface area contributed by atoms with Crippen molar-refractivity contribution in [3.8, 4) is 11.5 Å². The van der Waals surface area contributed by atoms with Crippen LogP contribution in [-0.4, -0.2) is 26.2 Å². The third kappa shape index (κ3) is 2.01. The predicted molar refractivity (Wildman–Crippen MR) is 53.2 cm³/mol. The fraction of sp³-hybridized carbons (Fsp3) is 0.100. The molecule has 2 heterocycles. The standard InChI is InChI=1S/C10H8N4O/c1-7-4-8(6-15)14-10(13-7)9-5-11-2-3-12-9/h2-6H,1H3. The zero-order valence-electron chi connectivity index (χ0n) is 8.08. The summed E-state index contributed by atoms with van der Waals surface area (Å²) >= 11 is 0. The SMILES string of the molecule is Cc1cc(C=O)nc(-c2cnccn2)n1. The average molecular weight is 200 g/mol. The van der Waals surface area contributed by atoms with Crippen LogP contribution in [0.1, 0.15) is 16.2 Å². The smallest absolute Gasteiger partial charge is 0.180 e. The van der Waals surface area contributed by atoms with Crippen molar-refractivity contribution in [2.45, 2.75) is 6.92 Å². The summed E-state index contributed by atoms with van der Waals surface area (Å²) in [6, 6.07) is 1.62. The largest absolute Gasteiger partial charge is 0.296 e. The van der Waals surface area contributed by atoms with Gasteiger partial charge in [-0.15, -0.1) is 0 Å². The lowest BCUT2D eigenvalue weighted by Crippen LogP contribution is -1.98. The number of nitrogens with zero attached hydrogens (tertiary/aromatic N) is 4. The summed E-state index contributed by atoms with van der Waals surface area (Å²) in [6.07, 6.45) is 5.37. The third-order valence-electron chi connectivity index (χ3n) is 1.79. The second-order valence-electron chi connectivity index (χ2n) is 2.97. The molecule has 0 atom stereocenters. The zero-order valence-corrected chi connectivity index (χ0v) is 8.08. The van der Waals surface area contributed by atoms with Crippen molar-refractivity contribution in [2.75, 3.05) is 0 Å². The molecule has 0 aliphatic carbocycles. The molecule has 0 fully saturated rings. The minimum atomic E-state index is 0.350. The van der Waals surface area contributed by atoms with Crippen LogP contribution in [0.3, 0.4) is 0 Å². The molecule has 2 aromatic rings. The van der Waals surface area contributed by atoms with Crippen LogP contribution in [0, 0.1) is 6.92 Å². The fourth-order valence-electron chi connectivity index (χ4n) is 1.18. The molecule has 2 rings (SSSR count). The topological polar surface area (TPSA) is 68.6 Å². The van der Waals surface area contributed by atoms with Gasteiger partial charge in [-0.05, 0) is 13.0 Å². The average Bonchev–Trinajstić information content (AvgIpc) is 2.29. The van der Waals surface area contributed by atoms with Crippen LogP contribution in [-0.2, 0) is 0 Å². The van der Waals surface area contributed by atoms with E-state index in [1.54, 1.807) is 31.6 Å². The second kappa shape index (κ2) is 3.91. The van der Waals surface area contributed by atoms with Gasteiger partial charge in [-0.1, -0.05) is 0 Å². The summed E-state index contributed by atoms with van der Waals surface area (Å²) in [5, 5.41) is 0. The Morgan fingerprint density at radius 2 is 2.13 bits per heavy atom. The normalized spacial score (nSPS) is 9.93. The molecule has 0 spiro atoms. The van der Waals surface area contributed by atoms with Crippen LogP contribution in [0.15, 0.2) is 24.7 Å². The minimum absolute atomic E-state index is 0.350. The summed E-state index contributed by atoms with van der Waals surface area (Å²) in [6.45, 7) is 1.80. The van der Waals surface area contributed by atoms with Crippen molar-refractivity contribution in [2.24, 2.45) is 0 Å². The maximum absolute atomic E-state index is 10.6. The van der Waals surface area contributed by atoms with Gasteiger partial charge in [-0.25, -0.2) is 15.0 Å². The molecule has 0 radical (unpaired) electrons. The lowest BCUT2D eigenvalue weighted by Gasteiger charge is -2.00. The van der Waals surface area contributed by atoms with Crippen LogP contribution >= 0.6 is 0 Å². The first-order valence-corrected chi connectivity index (χ1v) is 4.37. The fourth-order valence-corrected chi connectivity index (χ4v) is 1.18. The van der Waals surface area contributed by atoms with Gasteiger partial charge in [0.05, 0.1) is 6.20 Å². The van der Waals surface area contributed by atoms with Gasteiger partial charge in [-0.3, -0.25) is 9.78 Å². The van der Waals surface area contributed by atoms with Crippen LogP contribution in [0.2, 0.25) is 0 Å². The number of aromatic nitrogens is 4. The lowest BCUT2D eigenvalue weighted by atomic mass is 10.3. The van der Waals surface area contributed by atoms with Crippen molar-refractivity contribution >= 4 is 6.29 Å². The highest BCUT2D eigenvalue weighted by atomic mass is 16.1. The van der Waals surface area contributed by atoms with Gasteiger partial charge in [0, 0.05) is 18.1 Å². The quantitative estimate of drug-likeness (QED) is 0.678. The molecule has 0 saturated heterocycles. The monoisotopic (exact) mass is 200 g/mol. The Morgan fingerprint density at radius 3 is 2.80 bits per heavy atom. The Labute approximate surface area is 86.3 Å². The molecule has 0 aromatic carbocycles. The van der Waals surface area contributed by atoms with Crippen LogP contribution in [0.5, 0.6) is 0 Å². The van der Waals surface area contributed by atoms with Crippen molar-refractivity contribution in [3.05, 3.63) is 36.0 Å². The Balaban J connectivity index is 2.53. The first-order chi connectivity index (χ1) is 7.29. The van der Waals surface area contributed by atoms with Crippen LogP contribution in [0.25, 0.3) is 11.5 Å². The van der Waals surface area contributed by atoms with Crippen LogP contribution in [0.4, 0.5) is 0 Å². The van der Waals surface area contributed by atoms with E-state index in [1.165, 1.54) is 0 Å². The number of carbonyl (C=O) groups excluding carboxylic acids is 1. The maximum atomic E-state index is 10.6. The van der Waals surface area contributed by atoms with Crippen molar-refractivity contribution in [3.63, 3.8) is 0 Å². The van der Waals surface area contributed by atoms with Gasteiger partial charge in [0.15, 0.2) is 12.1 Å². The molecule has 0 amide bonds. The molecule has 0 N–H and O–H groups in total. The molecular weight excluding hydrogens is 192 g/mol. The highest BCUT2D eigenvalue weighted by molar-refractivity contribution is 5.72. The number of hydrogen-bond acceptors (Lipinski definition) is 5. The highest BCUT2D eigenvalue weighted by Crippen LogP contribution is 2.10. The number of hydrogen-bond donors (Lipinski definition) is 0. The van der Waals surface area contributed by atoms with E-state index in [1.807, 2.05) is 0 Å². The Kier molecular flexibility index (Phi) is 2.45. The first-order valence-electron chi connectivity index (χ1n) is 4.37. The number of carbonyl (C=O) groups is 1.